The molecular formula is C25H18N2O2. The van der Waals surface area contributed by atoms with Crippen molar-refractivity contribution in [2.45, 2.75) is 6.42 Å². The van der Waals surface area contributed by atoms with Crippen molar-refractivity contribution in [1.29, 1.82) is 0 Å². The maximum absolute atomic E-state index is 12.6. The second-order valence-electron chi connectivity index (χ2n) is 6.91. The molecule has 140 valence electrons. The summed E-state index contributed by atoms with van der Waals surface area (Å²) in [4.78, 5) is 17.3. The number of fused-ring (bicyclic) bond motifs is 3. The zero-order chi connectivity index (χ0) is 19.6. The number of hydrogen-bond donors (Lipinski definition) is 1. The summed E-state index contributed by atoms with van der Waals surface area (Å²) in [6.07, 6.45) is 0.313. The van der Waals surface area contributed by atoms with Crippen LogP contribution >= 0.6 is 0 Å². The number of aromatic nitrogens is 1. The smallest absolute Gasteiger partial charge is 0.229 e. The molecule has 0 bridgehead atoms. The van der Waals surface area contributed by atoms with Gasteiger partial charge in [-0.15, -0.1) is 0 Å². The second-order valence-corrected chi connectivity index (χ2v) is 6.91. The number of nitrogens with one attached hydrogen (secondary N) is 1. The first-order valence-electron chi connectivity index (χ1n) is 9.49. The zero-order valence-electron chi connectivity index (χ0n) is 15.6. The maximum Gasteiger partial charge on any atom is 0.229 e. The second kappa shape index (κ2) is 7.24. The molecule has 5 rings (SSSR count). The maximum atomic E-state index is 12.6. The van der Waals surface area contributed by atoms with E-state index in [1.54, 1.807) is 0 Å². The van der Waals surface area contributed by atoms with Gasteiger partial charge in [0.2, 0.25) is 11.8 Å². The highest BCUT2D eigenvalue weighted by Gasteiger charge is 2.15. The van der Waals surface area contributed by atoms with Crippen LogP contribution in [0.4, 0.5) is 5.69 Å². The van der Waals surface area contributed by atoms with E-state index in [1.165, 1.54) is 0 Å². The molecular weight excluding hydrogens is 360 g/mol. The van der Waals surface area contributed by atoms with E-state index in [2.05, 4.69) is 11.4 Å². The molecule has 5 aromatic rings. The number of oxazole rings is 1. The van der Waals surface area contributed by atoms with E-state index < -0.39 is 0 Å². The van der Waals surface area contributed by atoms with Crippen molar-refractivity contribution < 1.29 is 9.21 Å². The molecule has 4 aromatic carbocycles. The van der Waals surface area contributed by atoms with E-state index in [4.69, 9.17) is 9.40 Å². The SMILES string of the molecule is O=C(Cc1ccccc1)Nc1ccccc1-c1nc2c(ccc3ccccc32)o1. The quantitative estimate of drug-likeness (QED) is 0.428. The molecule has 29 heavy (non-hydrogen) atoms. The average molecular weight is 378 g/mol. The number of hydrogen-bond acceptors (Lipinski definition) is 3. The Balaban J connectivity index is 1.50. The summed E-state index contributed by atoms with van der Waals surface area (Å²) >= 11 is 0. The van der Waals surface area contributed by atoms with E-state index in [9.17, 15) is 4.79 Å². The van der Waals surface area contributed by atoms with Crippen molar-refractivity contribution >= 4 is 33.5 Å². The molecule has 4 nitrogen and oxygen atoms in total. The van der Waals surface area contributed by atoms with Crippen LogP contribution in [0, 0.1) is 0 Å². The van der Waals surface area contributed by atoms with Crippen molar-refractivity contribution in [2.75, 3.05) is 5.32 Å². The van der Waals surface area contributed by atoms with Gasteiger partial charge < -0.3 is 9.73 Å². The Bertz CT molecular complexity index is 1320. The van der Waals surface area contributed by atoms with Crippen LogP contribution in [0.15, 0.2) is 95.4 Å². The average Bonchev–Trinajstić information content (AvgIpc) is 3.19. The van der Waals surface area contributed by atoms with Gasteiger partial charge in [-0.1, -0.05) is 72.8 Å². The summed E-state index contributed by atoms with van der Waals surface area (Å²) < 4.78 is 6.04. The summed E-state index contributed by atoms with van der Waals surface area (Å²) in [5.41, 5.74) is 3.96. The monoisotopic (exact) mass is 378 g/mol. The van der Waals surface area contributed by atoms with Gasteiger partial charge in [-0.25, -0.2) is 4.98 Å². The summed E-state index contributed by atoms with van der Waals surface area (Å²) in [6, 6.07) is 29.3. The number of rotatable bonds is 4. The van der Waals surface area contributed by atoms with Gasteiger partial charge in [0.25, 0.3) is 0 Å². The van der Waals surface area contributed by atoms with Crippen LogP contribution in [-0.4, -0.2) is 10.9 Å². The topological polar surface area (TPSA) is 55.1 Å². The fraction of sp³-hybridized carbons (Fsp3) is 0.0400. The van der Waals surface area contributed by atoms with E-state index >= 15 is 0 Å². The standard InChI is InChI=1S/C25H18N2O2/c28-23(16-17-8-2-1-3-9-17)26-21-13-7-6-12-20(21)25-27-24-19-11-5-4-10-18(19)14-15-22(24)29-25/h1-15H,16H2,(H,26,28). The molecule has 0 aliphatic heterocycles. The Labute approximate surface area is 167 Å². The van der Waals surface area contributed by atoms with Gasteiger partial charge >= 0.3 is 0 Å². The van der Waals surface area contributed by atoms with Gasteiger partial charge in [0, 0.05) is 5.39 Å². The van der Waals surface area contributed by atoms with Crippen molar-refractivity contribution in [3.63, 3.8) is 0 Å². The highest BCUT2D eigenvalue weighted by atomic mass is 16.3. The molecule has 0 saturated heterocycles. The van der Waals surface area contributed by atoms with E-state index in [0.717, 1.165) is 33.0 Å². The van der Waals surface area contributed by atoms with Crippen LogP contribution in [0.5, 0.6) is 0 Å². The van der Waals surface area contributed by atoms with Crippen molar-refractivity contribution in [2.24, 2.45) is 0 Å². The van der Waals surface area contributed by atoms with Crippen LogP contribution in [-0.2, 0) is 11.2 Å². The summed E-state index contributed by atoms with van der Waals surface area (Å²) in [7, 11) is 0. The molecule has 0 saturated carbocycles. The number of para-hydroxylation sites is 1. The van der Waals surface area contributed by atoms with Crippen LogP contribution < -0.4 is 5.32 Å². The molecule has 1 N–H and O–H groups in total. The number of anilines is 1. The molecule has 0 fully saturated rings. The number of amides is 1. The van der Waals surface area contributed by atoms with Gasteiger partial charge in [-0.2, -0.15) is 0 Å². The third-order valence-electron chi connectivity index (χ3n) is 4.92. The third kappa shape index (κ3) is 3.36. The van der Waals surface area contributed by atoms with Crippen LogP contribution in [0.3, 0.4) is 0 Å². The molecule has 0 atom stereocenters. The minimum Gasteiger partial charge on any atom is -0.436 e. The van der Waals surface area contributed by atoms with Crippen molar-refractivity contribution in [3.05, 3.63) is 96.6 Å². The Kier molecular flexibility index (Phi) is 4.30. The zero-order valence-corrected chi connectivity index (χ0v) is 15.6. The predicted octanol–water partition coefficient (Wildman–Crippen LogP) is 5.83. The van der Waals surface area contributed by atoms with E-state index in [0.29, 0.717) is 18.0 Å². The lowest BCUT2D eigenvalue weighted by molar-refractivity contribution is -0.115. The lowest BCUT2D eigenvalue weighted by Gasteiger charge is -2.09. The Morgan fingerprint density at radius 2 is 1.59 bits per heavy atom. The van der Waals surface area contributed by atoms with Crippen molar-refractivity contribution in [3.8, 4) is 11.5 Å². The number of carbonyl (C=O) groups excluding carboxylic acids is 1. The van der Waals surface area contributed by atoms with Gasteiger partial charge in [0.15, 0.2) is 5.58 Å². The van der Waals surface area contributed by atoms with Crippen molar-refractivity contribution in [1.82, 2.24) is 4.98 Å². The third-order valence-corrected chi connectivity index (χ3v) is 4.92. The number of nitrogens with zero attached hydrogens (tertiary/aromatic N) is 1. The van der Waals surface area contributed by atoms with E-state index in [1.807, 2.05) is 84.9 Å². The first-order chi connectivity index (χ1) is 14.3. The molecule has 0 radical (unpaired) electrons. The van der Waals surface area contributed by atoms with Crippen LogP contribution in [0.2, 0.25) is 0 Å². The largest absolute Gasteiger partial charge is 0.436 e. The first kappa shape index (κ1) is 17.2. The Hall–Kier alpha value is -3.92. The molecule has 0 aliphatic rings. The minimum absolute atomic E-state index is 0.0785. The summed E-state index contributed by atoms with van der Waals surface area (Å²) in [5, 5.41) is 5.16. The highest BCUT2D eigenvalue weighted by Crippen LogP contribution is 2.33. The van der Waals surface area contributed by atoms with Gasteiger partial charge in [-0.3, -0.25) is 4.79 Å². The minimum atomic E-state index is -0.0785. The normalized spacial score (nSPS) is 11.0. The highest BCUT2D eigenvalue weighted by molar-refractivity contribution is 6.04. The summed E-state index contributed by atoms with van der Waals surface area (Å²) in [5.74, 6) is 0.414. The fourth-order valence-corrected chi connectivity index (χ4v) is 3.53. The number of benzene rings is 4. The molecule has 4 heteroatoms. The molecule has 1 amide bonds. The molecule has 0 spiro atoms. The molecule has 1 aromatic heterocycles. The first-order valence-corrected chi connectivity index (χ1v) is 9.49. The Morgan fingerprint density at radius 1 is 0.828 bits per heavy atom. The van der Waals surface area contributed by atoms with Gasteiger partial charge in [0.05, 0.1) is 17.7 Å². The van der Waals surface area contributed by atoms with Gasteiger partial charge in [0.1, 0.15) is 5.52 Å². The van der Waals surface area contributed by atoms with Gasteiger partial charge in [-0.05, 0) is 29.1 Å². The van der Waals surface area contributed by atoms with E-state index in [-0.39, 0.29) is 5.91 Å². The van der Waals surface area contributed by atoms with Crippen LogP contribution in [0.25, 0.3) is 33.3 Å². The Morgan fingerprint density at radius 3 is 2.48 bits per heavy atom. The molecule has 0 unspecified atom stereocenters. The molecule has 0 aliphatic carbocycles. The lowest BCUT2D eigenvalue weighted by Crippen LogP contribution is -2.14. The predicted molar refractivity (Wildman–Crippen MR) is 116 cm³/mol. The summed E-state index contributed by atoms with van der Waals surface area (Å²) in [6.45, 7) is 0. The number of carbonyl (C=O) groups is 1. The lowest BCUT2D eigenvalue weighted by atomic mass is 10.1. The fourth-order valence-electron chi connectivity index (χ4n) is 3.53. The molecule has 1 heterocycles. The van der Waals surface area contributed by atoms with Crippen LogP contribution in [0.1, 0.15) is 5.56 Å².